The maximum atomic E-state index is 12.3. The van der Waals surface area contributed by atoms with E-state index in [9.17, 15) is 9.59 Å². The molecule has 0 saturated carbocycles. The number of hydrogen-bond donors (Lipinski definition) is 1. The summed E-state index contributed by atoms with van der Waals surface area (Å²) >= 11 is 0. The number of nitrogens with zero attached hydrogens (tertiary/aromatic N) is 1. The molecule has 1 aliphatic heterocycles. The average molecular weight is 308 g/mol. The number of aryl methyl sites for hydroxylation is 1. The fraction of sp³-hybridized carbons (Fsp3) is 0.263. The van der Waals surface area contributed by atoms with Gasteiger partial charge in [-0.25, -0.2) is 0 Å². The predicted octanol–water partition coefficient (Wildman–Crippen LogP) is 3.24. The molecule has 1 aliphatic rings. The van der Waals surface area contributed by atoms with E-state index in [4.69, 9.17) is 0 Å². The summed E-state index contributed by atoms with van der Waals surface area (Å²) in [6, 6.07) is 17.3. The van der Waals surface area contributed by atoms with Gasteiger partial charge in [-0.2, -0.15) is 0 Å². The molecule has 0 aromatic heterocycles. The summed E-state index contributed by atoms with van der Waals surface area (Å²) in [4.78, 5) is 26.3. The first-order valence-electron chi connectivity index (χ1n) is 7.92. The lowest BCUT2D eigenvalue weighted by Crippen LogP contribution is -2.28. The third-order valence-electron chi connectivity index (χ3n) is 4.19. The minimum Gasteiger partial charge on any atom is -0.326 e. The van der Waals surface area contributed by atoms with Crippen molar-refractivity contribution in [1.29, 1.82) is 0 Å². The molecular weight excluding hydrogens is 288 g/mol. The molecule has 1 saturated heterocycles. The largest absolute Gasteiger partial charge is 0.326 e. The second-order valence-corrected chi connectivity index (χ2v) is 5.78. The van der Waals surface area contributed by atoms with Gasteiger partial charge in [0.25, 0.3) is 0 Å². The Balaban J connectivity index is 1.67. The molecule has 1 N–H and O–H groups in total. The zero-order chi connectivity index (χ0) is 16.2. The third kappa shape index (κ3) is 3.42. The zero-order valence-corrected chi connectivity index (χ0v) is 13.2. The molecule has 23 heavy (non-hydrogen) atoms. The molecule has 1 fully saturated rings. The monoisotopic (exact) mass is 308 g/mol. The Bertz CT molecular complexity index is 695. The van der Waals surface area contributed by atoms with Crippen LogP contribution in [0.5, 0.6) is 0 Å². The van der Waals surface area contributed by atoms with Crippen LogP contribution in [0.2, 0.25) is 0 Å². The van der Waals surface area contributed by atoms with E-state index in [2.05, 4.69) is 12.2 Å². The highest BCUT2D eigenvalue weighted by atomic mass is 16.2. The van der Waals surface area contributed by atoms with E-state index in [1.165, 1.54) is 5.56 Å². The van der Waals surface area contributed by atoms with Crippen LogP contribution in [0.3, 0.4) is 0 Å². The van der Waals surface area contributed by atoms with Crippen molar-refractivity contribution in [2.75, 3.05) is 16.8 Å². The minimum atomic E-state index is -0.312. The van der Waals surface area contributed by atoms with Crippen molar-refractivity contribution in [3.63, 3.8) is 0 Å². The highest BCUT2D eigenvalue weighted by Gasteiger charge is 2.35. The Hall–Kier alpha value is -2.62. The molecule has 118 valence electrons. The third-order valence-corrected chi connectivity index (χ3v) is 4.19. The molecule has 1 heterocycles. The Morgan fingerprint density at radius 3 is 2.48 bits per heavy atom. The fourth-order valence-corrected chi connectivity index (χ4v) is 2.81. The summed E-state index contributed by atoms with van der Waals surface area (Å²) < 4.78 is 0. The van der Waals surface area contributed by atoms with E-state index in [0.29, 0.717) is 6.54 Å². The van der Waals surface area contributed by atoms with Gasteiger partial charge in [-0.05, 0) is 36.2 Å². The number of amides is 2. The summed E-state index contributed by atoms with van der Waals surface area (Å²) in [5.41, 5.74) is 2.86. The van der Waals surface area contributed by atoms with Crippen LogP contribution in [0.15, 0.2) is 54.6 Å². The molecule has 0 spiro atoms. The lowest BCUT2D eigenvalue weighted by Gasteiger charge is -2.17. The second-order valence-electron chi connectivity index (χ2n) is 5.78. The normalized spacial score (nSPS) is 17.3. The van der Waals surface area contributed by atoms with Gasteiger partial charge in [0, 0.05) is 24.3 Å². The second kappa shape index (κ2) is 6.65. The van der Waals surface area contributed by atoms with Gasteiger partial charge in [0.05, 0.1) is 5.92 Å². The SMILES string of the molecule is CCc1ccc(N2C[C@@H](C(=O)Nc3ccccc3)CC2=O)cc1. The number of nitrogens with one attached hydrogen (secondary N) is 1. The number of carbonyl (C=O) groups is 2. The molecular formula is C19H20N2O2. The molecule has 0 aliphatic carbocycles. The number of carbonyl (C=O) groups excluding carboxylic acids is 2. The number of para-hydroxylation sites is 1. The van der Waals surface area contributed by atoms with Crippen LogP contribution in [-0.4, -0.2) is 18.4 Å². The molecule has 2 amide bonds. The summed E-state index contributed by atoms with van der Waals surface area (Å²) in [5, 5.41) is 2.88. The highest BCUT2D eigenvalue weighted by Crippen LogP contribution is 2.26. The first-order valence-corrected chi connectivity index (χ1v) is 7.92. The number of rotatable bonds is 4. The van der Waals surface area contributed by atoms with Gasteiger partial charge in [-0.15, -0.1) is 0 Å². The number of hydrogen-bond acceptors (Lipinski definition) is 2. The van der Waals surface area contributed by atoms with E-state index in [0.717, 1.165) is 17.8 Å². The Morgan fingerprint density at radius 1 is 1.13 bits per heavy atom. The molecule has 0 bridgehead atoms. The molecule has 1 atom stereocenters. The molecule has 4 nitrogen and oxygen atoms in total. The van der Waals surface area contributed by atoms with Gasteiger partial charge < -0.3 is 10.2 Å². The highest BCUT2D eigenvalue weighted by molar-refractivity contribution is 6.03. The van der Waals surface area contributed by atoms with Crippen LogP contribution >= 0.6 is 0 Å². The summed E-state index contributed by atoms with van der Waals surface area (Å²) in [6.45, 7) is 2.53. The van der Waals surface area contributed by atoms with Crippen LogP contribution in [0.25, 0.3) is 0 Å². The molecule has 4 heteroatoms. The quantitative estimate of drug-likeness (QED) is 0.942. The standard InChI is InChI=1S/C19H20N2O2/c1-2-14-8-10-17(11-9-14)21-13-15(12-18(21)22)19(23)20-16-6-4-3-5-7-16/h3-11,15H,2,12-13H2,1H3,(H,20,23)/t15-/m0/s1. The molecule has 2 aromatic rings. The van der Waals surface area contributed by atoms with Crippen molar-refractivity contribution in [2.45, 2.75) is 19.8 Å². The molecule has 3 rings (SSSR count). The summed E-state index contributed by atoms with van der Waals surface area (Å²) in [6.07, 6.45) is 1.23. The Kier molecular flexibility index (Phi) is 4.42. The topological polar surface area (TPSA) is 49.4 Å². The van der Waals surface area contributed by atoms with Crippen LogP contribution in [0.4, 0.5) is 11.4 Å². The smallest absolute Gasteiger partial charge is 0.229 e. The minimum absolute atomic E-state index is 0.00228. The van der Waals surface area contributed by atoms with Crippen LogP contribution < -0.4 is 10.2 Å². The number of anilines is 2. The van der Waals surface area contributed by atoms with Crippen molar-refractivity contribution in [2.24, 2.45) is 5.92 Å². The van der Waals surface area contributed by atoms with Gasteiger partial charge in [-0.1, -0.05) is 37.3 Å². The van der Waals surface area contributed by atoms with Crippen LogP contribution in [0.1, 0.15) is 18.9 Å². The van der Waals surface area contributed by atoms with Crippen LogP contribution in [0, 0.1) is 5.92 Å². The van der Waals surface area contributed by atoms with Crippen molar-refractivity contribution >= 4 is 23.2 Å². The van der Waals surface area contributed by atoms with Gasteiger partial charge in [0.15, 0.2) is 0 Å². The van der Waals surface area contributed by atoms with Gasteiger partial charge >= 0.3 is 0 Å². The zero-order valence-electron chi connectivity index (χ0n) is 13.2. The van der Waals surface area contributed by atoms with Crippen molar-refractivity contribution < 1.29 is 9.59 Å². The van der Waals surface area contributed by atoms with Crippen molar-refractivity contribution in [3.05, 3.63) is 60.2 Å². The molecule has 0 radical (unpaired) electrons. The van der Waals surface area contributed by atoms with Crippen molar-refractivity contribution in [1.82, 2.24) is 0 Å². The van der Waals surface area contributed by atoms with E-state index in [1.54, 1.807) is 4.90 Å². The van der Waals surface area contributed by atoms with Crippen molar-refractivity contribution in [3.8, 4) is 0 Å². The van der Waals surface area contributed by atoms with E-state index >= 15 is 0 Å². The Morgan fingerprint density at radius 2 is 1.83 bits per heavy atom. The van der Waals surface area contributed by atoms with E-state index in [1.807, 2.05) is 54.6 Å². The van der Waals surface area contributed by atoms with Gasteiger partial charge in [0.1, 0.15) is 0 Å². The fourth-order valence-electron chi connectivity index (χ4n) is 2.81. The maximum absolute atomic E-state index is 12.3. The van der Waals surface area contributed by atoms with Crippen LogP contribution in [-0.2, 0) is 16.0 Å². The Labute approximate surface area is 136 Å². The summed E-state index contributed by atoms with van der Waals surface area (Å²) in [5.74, 6) is -0.409. The summed E-state index contributed by atoms with van der Waals surface area (Å²) in [7, 11) is 0. The lowest BCUT2D eigenvalue weighted by atomic mass is 10.1. The lowest BCUT2D eigenvalue weighted by molar-refractivity contribution is -0.122. The number of benzene rings is 2. The first kappa shape index (κ1) is 15.3. The van der Waals surface area contributed by atoms with E-state index < -0.39 is 0 Å². The maximum Gasteiger partial charge on any atom is 0.229 e. The van der Waals surface area contributed by atoms with Gasteiger partial charge in [0.2, 0.25) is 11.8 Å². The predicted molar refractivity (Wildman–Crippen MR) is 91.4 cm³/mol. The molecule has 0 unspecified atom stereocenters. The average Bonchev–Trinajstić information content (AvgIpc) is 2.98. The first-order chi connectivity index (χ1) is 11.2. The van der Waals surface area contributed by atoms with Gasteiger partial charge in [-0.3, -0.25) is 9.59 Å². The molecule has 2 aromatic carbocycles. The van der Waals surface area contributed by atoms with E-state index in [-0.39, 0.29) is 24.2 Å².